The summed E-state index contributed by atoms with van der Waals surface area (Å²) in [6, 6.07) is 4.66. The topological polar surface area (TPSA) is 86.7 Å². The quantitative estimate of drug-likeness (QED) is 0.843. The summed E-state index contributed by atoms with van der Waals surface area (Å²) in [7, 11) is -1.99. The van der Waals surface area contributed by atoms with E-state index in [1.54, 1.807) is 13.1 Å². The number of carbonyl (C=O) groups excluding carboxylic acids is 1. The Morgan fingerprint density at radius 2 is 2.10 bits per heavy atom. The molecule has 114 valence electrons. The van der Waals surface area contributed by atoms with Crippen LogP contribution in [0, 0.1) is 0 Å². The van der Waals surface area contributed by atoms with Gasteiger partial charge < -0.3 is 10.0 Å². The van der Waals surface area contributed by atoms with E-state index in [2.05, 4.69) is 4.72 Å². The summed E-state index contributed by atoms with van der Waals surface area (Å²) in [6.07, 6.45) is 2.39. The summed E-state index contributed by atoms with van der Waals surface area (Å²) in [5.41, 5.74) is 0.560. The fourth-order valence-corrected chi connectivity index (χ4v) is 3.86. The van der Waals surface area contributed by atoms with Crippen LogP contribution in [-0.4, -0.2) is 38.6 Å². The van der Waals surface area contributed by atoms with Gasteiger partial charge in [0.25, 0.3) is 0 Å². The molecule has 0 unspecified atom stereocenters. The Hall–Kier alpha value is -1.44. The summed E-state index contributed by atoms with van der Waals surface area (Å²) in [5, 5.41) is 9.97. The highest BCUT2D eigenvalue weighted by Crippen LogP contribution is 2.32. The number of amides is 1. The molecule has 0 spiro atoms. The molecule has 0 saturated heterocycles. The number of aliphatic hydroxyl groups is 1. The molecule has 1 aromatic carbocycles. The number of nitrogens with one attached hydrogen (secondary N) is 1. The number of benzene rings is 1. The van der Waals surface area contributed by atoms with Crippen molar-refractivity contribution in [2.24, 2.45) is 0 Å². The molecular formula is C14H18N2O4S. The number of sulfonamides is 1. The Labute approximate surface area is 123 Å². The number of rotatable bonds is 4. The number of anilines is 1. The van der Waals surface area contributed by atoms with E-state index in [-0.39, 0.29) is 23.8 Å². The standard InChI is InChI=1S/C14H18N2O4S/c1-16-12-4-3-11(7-10(12)8-13(16)17)21(19,20)15-9-14(18)5-2-6-14/h3-4,7,15,18H,2,5-6,8-9H2,1H3. The van der Waals surface area contributed by atoms with Gasteiger partial charge in [-0.1, -0.05) is 0 Å². The third kappa shape index (κ3) is 2.56. The maximum Gasteiger partial charge on any atom is 0.240 e. The molecular weight excluding hydrogens is 292 g/mol. The third-order valence-corrected chi connectivity index (χ3v) is 5.71. The lowest BCUT2D eigenvalue weighted by atomic mass is 9.81. The molecule has 1 amide bonds. The van der Waals surface area contributed by atoms with E-state index in [4.69, 9.17) is 0 Å². The fourth-order valence-electron chi connectivity index (χ4n) is 2.69. The molecule has 0 bridgehead atoms. The SMILES string of the molecule is CN1C(=O)Cc2cc(S(=O)(=O)NCC3(O)CCC3)ccc21. The minimum absolute atomic E-state index is 0.0330. The lowest BCUT2D eigenvalue weighted by molar-refractivity contribution is -0.117. The number of likely N-dealkylation sites (N-methyl/N-ethyl adjacent to an activating group) is 1. The van der Waals surface area contributed by atoms with Crippen LogP contribution in [0.15, 0.2) is 23.1 Å². The molecule has 1 fully saturated rings. The van der Waals surface area contributed by atoms with Crippen molar-refractivity contribution in [3.8, 4) is 0 Å². The highest BCUT2D eigenvalue weighted by Gasteiger charge is 2.35. The second kappa shape index (κ2) is 4.79. The van der Waals surface area contributed by atoms with Crippen molar-refractivity contribution in [2.45, 2.75) is 36.2 Å². The van der Waals surface area contributed by atoms with Gasteiger partial charge >= 0.3 is 0 Å². The second-order valence-corrected chi connectivity index (χ2v) is 7.59. The molecule has 0 atom stereocenters. The highest BCUT2D eigenvalue weighted by molar-refractivity contribution is 7.89. The number of hydrogen-bond donors (Lipinski definition) is 2. The zero-order valence-electron chi connectivity index (χ0n) is 11.8. The first-order valence-electron chi connectivity index (χ1n) is 6.92. The van der Waals surface area contributed by atoms with Gasteiger partial charge in [-0.25, -0.2) is 13.1 Å². The van der Waals surface area contributed by atoms with Gasteiger partial charge in [0.1, 0.15) is 0 Å². The minimum atomic E-state index is -3.67. The normalized spacial score (nSPS) is 20.3. The van der Waals surface area contributed by atoms with E-state index in [0.29, 0.717) is 18.4 Å². The van der Waals surface area contributed by atoms with Crippen LogP contribution in [0.5, 0.6) is 0 Å². The van der Waals surface area contributed by atoms with Gasteiger partial charge in [0, 0.05) is 19.3 Å². The molecule has 1 aliphatic heterocycles. The van der Waals surface area contributed by atoms with Crippen LogP contribution in [0.25, 0.3) is 0 Å². The summed E-state index contributed by atoms with van der Waals surface area (Å²) in [4.78, 5) is 13.3. The number of hydrogen-bond acceptors (Lipinski definition) is 4. The summed E-state index contributed by atoms with van der Waals surface area (Å²) < 4.78 is 27.0. The molecule has 6 nitrogen and oxygen atoms in total. The van der Waals surface area contributed by atoms with E-state index in [9.17, 15) is 18.3 Å². The first-order valence-corrected chi connectivity index (χ1v) is 8.41. The lowest BCUT2D eigenvalue weighted by Crippen LogP contribution is -2.47. The molecule has 3 rings (SSSR count). The highest BCUT2D eigenvalue weighted by atomic mass is 32.2. The van der Waals surface area contributed by atoms with Gasteiger partial charge in [0.15, 0.2) is 0 Å². The van der Waals surface area contributed by atoms with Gasteiger partial charge in [-0.2, -0.15) is 0 Å². The van der Waals surface area contributed by atoms with Crippen molar-refractivity contribution in [3.05, 3.63) is 23.8 Å². The lowest BCUT2D eigenvalue weighted by Gasteiger charge is -2.36. The Bertz CT molecular complexity index is 695. The second-order valence-electron chi connectivity index (χ2n) is 5.82. The molecule has 1 aromatic rings. The predicted molar refractivity (Wildman–Crippen MR) is 77.5 cm³/mol. The van der Waals surface area contributed by atoms with Crippen molar-refractivity contribution in [2.75, 3.05) is 18.5 Å². The van der Waals surface area contributed by atoms with E-state index in [0.717, 1.165) is 12.1 Å². The first kappa shape index (κ1) is 14.5. The zero-order valence-corrected chi connectivity index (χ0v) is 12.6. The Morgan fingerprint density at radius 3 is 2.71 bits per heavy atom. The van der Waals surface area contributed by atoms with Crippen LogP contribution >= 0.6 is 0 Å². The Balaban J connectivity index is 1.80. The van der Waals surface area contributed by atoms with Crippen molar-refractivity contribution >= 4 is 21.6 Å². The van der Waals surface area contributed by atoms with Gasteiger partial charge in [0.05, 0.1) is 16.9 Å². The summed E-state index contributed by atoms with van der Waals surface area (Å²) in [5.74, 6) is -0.0451. The van der Waals surface area contributed by atoms with E-state index >= 15 is 0 Å². The van der Waals surface area contributed by atoms with Crippen LogP contribution in [0.1, 0.15) is 24.8 Å². The minimum Gasteiger partial charge on any atom is -0.389 e. The largest absolute Gasteiger partial charge is 0.389 e. The zero-order chi connectivity index (χ0) is 15.3. The molecule has 2 N–H and O–H groups in total. The maximum atomic E-state index is 12.3. The fraction of sp³-hybridized carbons (Fsp3) is 0.500. The predicted octanol–water partition coefficient (Wildman–Crippen LogP) is 0.399. The molecule has 1 aliphatic carbocycles. The molecule has 0 aromatic heterocycles. The van der Waals surface area contributed by atoms with Crippen LogP contribution in [0.4, 0.5) is 5.69 Å². The van der Waals surface area contributed by atoms with Gasteiger partial charge in [-0.3, -0.25) is 4.79 Å². The van der Waals surface area contributed by atoms with Gasteiger partial charge in [0.2, 0.25) is 15.9 Å². The average Bonchev–Trinajstić information content (AvgIpc) is 2.69. The third-order valence-electron chi connectivity index (χ3n) is 4.31. The molecule has 1 heterocycles. The van der Waals surface area contributed by atoms with Crippen molar-refractivity contribution in [3.63, 3.8) is 0 Å². The van der Waals surface area contributed by atoms with Crippen molar-refractivity contribution in [1.29, 1.82) is 0 Å². The van der Waals surface area contributed by atoms with E-state index in [1.165, 1.54) is 17.0 Å². The van der Waals surface area contributed by atoms with Crippen molar-refractivity contribution < 1.29 is 18.3 Å². The Kier molecular flexibility index (Phi) is 3.31. The number of fused-ring (bicyclic) bond motifs is 1. The molecule has 2 aliphatic rings. The number of nitrogens with zero attached hydrogens (tertiary/aromatic N) is 1. The van der Waals surface area contributed by atoms with Crippen LogP contribution in [0.2, 0.25) is 0 Å². The average molecular weight is 310 g/mol. The number of carbonyl (C=O) groups is 1. The monoisotopic (exact) mass is 310 g/mol. The molecule has 1 saturated carbocycles. The Morgan fingerprint density at radius 1 is 1.38 bits per heavy atom. The maximum absolute atomic E-state index is 12.3. The molecule has 7 heteroatoms. The van der Waals surface area contributed by atoms with Crippen molar-refractivity contribution in [1.82, 2.24) is 4.72 Å². The first-order chi connectivity index (χ1) is 9.81. The molecule has 21 heavy (non-hydrogen) atoms. The van der Waals surface area contributed by atoms with Crippen LogP contribution in [0.3, 0.4) is 0 Å². The van der Waals surface area contributed by atoms with Gasteiger partial charge in [-0.15, -0.1) is 0 Å². The van der Waals surface area contributed by atoms with Gasteiger partial charge in [-0.05, 0) is 43.0 Å². The molecule has 0 radical (unpaired) electrons. The van der Waals surface area contributed by atoms with Crippen LogP contribution < -0.4 is 9.62 Å². The summed E-state index contributed by atoms with van der Waals surface area (Å²) >= 11 is 0. The van der Waals surface area contributed by atoms with E-state index in [1.807, 2.05) is 0 Å². The summed E-state index contributed by atoms with van der Waals surface area (Å²) in [6.45, 7) is 0.0330. The van der Waals surface area contributed by atoms with E-state index < -0.39 is 15.6 Å². The smallest absolute Gasteiger partial charge is 0.240 e. The van der Waals surface area contributed by atoms with Crippen LogP contribution in [-0.2, 0) is 21.2 Å².